The zero-order valence-corrected chi connectivity index (χ0v) is 27.7. The van der Waals surface area contributed by atoms with E-state index in [-0.39, 0.29) is 29.6 Å². The number of rotatable bonds is 8. The normalized spacial score (nSPS) is 13.1. The molecule has 12 heteroatoms. The summed E-state index contributed by atoms with van der Waals surface area (Å²) in [4.78, 5) is 32.5. The van der Waals surface area contributed by atoms with Gasteiger partial charge in [0.1, 0.15) is 5.69 Å². The van der Waals surface area contributed by atoms with Crippen LogP contribution in [0.5, 0.6) is 0 Å². The Hall–Kier alpha value is -5.20. The average molecular weight is 653 g/mol. The van der Waals surface area contributed by atoms with Crippen molar-refractivity contribution in [2.75, 3.05) is 48.6 Å². The van der Waals surface area contributed by atoms with E-state index in [4.69, 9.17) is 0 Å². The molecule has 0 fully saturated rings. The molecule has 5 aromatic rings. The minimum atomic E-state index is -3.60. The maximum absolute atomic E-state index is 13.9. The van der Waals surface area contributed by atoms with Crippen LogP contribution in [0.4, 0.5) is 22.9 Å². The number of amides is 1. The minimum absolute atomic E-state index is 0.0743. The fraction of sp³-hybridized carbons (Fsp3) is 0.229. The molecule has 1 aliphatic rings. The van der Waals surface area contributed by atoms with Gasteiger partial charge in [0.05, 0.1) is 18.6 Å². The molecule has 47 heavy (non-hydrogen) atoms. The van der Waals surface area contributed by atoms with Gasteiger partial charge in [-0.15, -0.1) is 5.10 Å². The highest BCUT2D eigenvalue weighted by molar-refractivity contribution is 7.89. The summed E-state index contributed by atoms with van der Waals surface area (Å²) >= 11 is 0. The van der Waals surface area contributed by atoms with Gasteiger partial charge in [0.15, 0.2) is 5.82 Å². The Morgan fingerprint density at radius 1 is 0.894 bits per heavy atom. The molecule has 1 N–H and O–H groups in total. The summed E-state index contributed by atoms with van der Waals surface area (Å²) in [5.41, 5.74) is 7.02. The highest BCUT2D eigenvalue weighted by Crippen LogP contribution is 2.39. The fourth-order valence-corrected chi connectivity index (χ4v) is 6.58. The van der Waals surface area contributed by atoms with E-state index in [1.165, 1.54) is 21.7 Å². The van der Waals surface area contributed by atoms with Crippen LogP contribution in [0.15, 0.2) is 90.0 Å². The summed E-state index contributed by atoms with van der Waals surface area (Å²) in [6, 6.07) is 22.5. The standard InChI is InChI=1S/C35H36N6O5S/c1-37(2)25-13-14-27-23(19-25)15-17-40(34(27)43)31-12-7-6-9-29(31)28-11-8-10-26(30(28)22-42)24-20-32(35(44)38(3)21-24)39(4)33-16-18-41(36-33)47(5,45)46/h6-14,16,18-21,42H,15,17,22H2,1-5H3. The van der Waals surface area contributed by atoms with E-state index in [9.17, 15) is 23.1 Å². The van der Waals surface area contributed by atoms with Gasteiger partial charge in [-0.2, -0.15) is 4.09 Å². The maximum atomic E-state index is 13.9. The zero-order chi connectivity index (χ0) is 33.6. The number of carbonyl (C=O) groups is 1. The van der Waals surface area contributed by atoms with Crippen LogP contribution in [0.3, 0.4) is 0 Å². The van der Waals surface area contributed by atoms with Gasteiger partial charge in [-0.05, 0) is 59.0 Å². The molecule has 3 aromatic carbocycles. The summed E-state index contributed by atoms with van der Waals surface area (Å²) in [7, 11) is 3.64. The number of aryl methyl sites for hydroxylation is 1. The lowest BCUT2D eigenvalue weighted by atomic mass is 9.90. The molecule has 0 saturated carbocycles. The van der Waals surface area contributed by atoms with Gasteiger partial charge in [0, 0.05) is 75.6 Å². The van der Waals surface area contributed by atoms with Crippen molar-refractivity contribution in [3.63, 3.8) is 0 Å². The molecule has 0 atom stereocenters. The van der Waals surface area contributed by atoms with E-state index in [2.05, 4.69) is 11.2 Å². The summed E-state index contributed by atoms with van der Waals surface area (Å²) in [6.07, 6.45) is 4.78. The monoisotopic (exact) mass is 652 g/mol. The van der Waals surface area contributed by atoms with Gasteiger partial charge in [-0.25, -0.2) is 8.42 Å². The number of aliphatic hydroxyl groups excluding tert-OH is 1. The summed E-state index contributed by atoms with van der Waals surface area (Å²) in [5.74, 6) is 0.204. The van der Waals surface area contributed by atoms with Crippen molar-refractivity contribution < 1.29 is 18.3 Å². The number of fused-ring (bicyclic) bond motifs is 1. The number of anilines is 4. The molecule has 0 unspecified atom stereocenters. The second-order valence-electron chi connectivity index (χ2n) is 11.8. The van der Waals surface area contributed by atoms with Crippen LogP contribution in [0.2, 0.25) is 0 Å². The molecule has 0 bridgehead atoms. The molecule has 2 aromatic heterocycles. The van der Waals surface area contributed by atoms with E-state index in [0.29, 0.717) is 35.2 Å². The first-order valence-electron chi connectivity index (χ1n) is 15.0. The van der Waals surface area contributed by atoms with Gasteiger partial charge >= 0.3 is 0 Å². The number of aromatic nitrogens is 3. The number of nitrogens with zero attached hydrogens (tertiary/aromatic N) is 6. The largest absolute Gasteiger partial charge is 0.392 e. The Labute approximate surface area is 273 Å². The predicted molar refractivity (Wildman–Crippen MR) is 185 cm³/mol. The molecule has 3 heterocycles. The molecule has 242 valence electrons. The van der Waals surface area contributed by atoms with Gasteiger partial charge < -0.3 is 24.4 Å². The summed E-state index contributed by atoms with van der Waals surface area (Å²) < 4.78 is 26.3. The lowest BCUT2D eigenvalue weighted by molar-refractivity contribution is 0.0980. The van der Waals surface area contributed by atoms with Crippen molar-refractivity contribution in [1.29, 1.82) is 0 Å². The number of carbonyl (C=O) groups excluding carboxylic acids is 1. The molecule has 11 nitrogen and oxygen atoms in total. The van der Waals surface area contributed by atoms with Crippen LogP contribution in [-0.2, 0) is 30.1 Å². The summed E-state index contributed by atoms with van der Waals surface area (Å²) in [6.45, 7) is 0.218. The molecular formula is C35H36N6O5S. The maximum Gasteiger partial charge on any atom is 0.274 e. The Morgan fingerprint density at radius 3 is 2.32 bits per heavy atom. The van der Waals surface area contributed by atoms with Crippen molar-refractivity contribution in [3.05, 3.63) is 112 Å². The quantitative estimate of drug-likeness (QED) is 0.264. The van der Waals surface area contributed by atoms with E-state index in [1.54, 1.807) is 31.3 Å². The van der Waals surface area contributed by atoms with Crippen LogP contribution in [0.25, 0.3) is 22.3 Å². The Balaban J connectivity index is 1.42. The van der Waals surface area contributed by atoms with Crippen molar-refractivity contribution in [2.24, 2.45) is 7.05 Å². The van der Waals surface area contributed by atoms with Gasteiger partial charge in [0.2, 0.25) is 0 Å². The third-order valence-electron chi connectivity index (χ3n) is 8.58. The van der Waals surface area contributed by atoms with Gasteiger partial charge in [0.25, 0.3) is 21.5 Å². The minimum Gasteiger partial charge on any atom is -0.392 e. The predicted octanol–water partition coefficient (Wildman–Crippen LogP) is 4.25. The number of hydrogen-bond acceptors (Lipinski definition) is 8. The number of benzene rings is 3. The number of pyridine rings is 1. The Kier molecular flexibility index (Phi) is 8.24. The van der Waals surface area contributed by atoms with Crippen LogP contribution in [0.1, 0.15) is 21.5 Å². The van der Waals surface area contributed by atoms with Crippen molar-refractivity contribution in [2.45, 2.75) is 13.0 Å². The second kappa shape index (κ2) is 12.2. The van der Waals surface area contributed by atoms with Crippen LogP contribution in [-0.4, -0.2) is 67.1 Å². The van der Waals surface area contributed by atoms with Crippen LogP contribution >= 0.6 is 0 Å². The van der Waals surface area contributed by atoms with Crippen molar-refractivity contribution in [3.8, 4) is 22.3 Å². The average Bonchev–Trinajstić information content (AvgIpc) is 3.57. The Morgan fingerprint density at radius 2 is 1.62 bits per heavy atom. The van der Waals surface area contributed by atoms with E-state index in [1.807, 2.05) is 73.6 Å². The van der Waals surface area contributed by atoms with Gasteiger partial charge in [-0.1, -0.05) is 36.4 Å². The third-order valence-corrected chi connectivity index (χ3v) is 9.46. The first kappa shape index (κ1) is 31.8. The molecule has 6 rings (SSSR count). The molecule has 0 radical (unpaired) electrons. The molecule has 0 saturated heterocycles. The topological polar surface area (TPSA) is 121 Å². The van der Waals surface area contributed by atoms with Gasteiger partial charge in [-0.3, -0.25) is 9.59 Å². The lowest BCUT2D eigenvalue weighted by Gasteiger charge is -2.31. The molecule has 0 aliphatic carbocycles. The molecule has 0 spiro atoms. The van der Waals surface area contributed by atoms with Crippen LogP contribution in [0, 0.1) is 0 Å². The molecule has 1 aliphatic heterocycles. The zero-order valence-electron chi connectivity index (χ0n) is 26.9. The van der Waals surface area contributed by atoms with E-state index >= 15 is 0 Å². The number of aliphatic hydroxyl groups is 1. The fourth-order valence-electron chi connectivity index (χ4n) is 6.07. The highest BCUT2D eigenvalue weighted by Gasteiger charge is 2.28. The third kappa shape index (κ3) is 5.81. The lowest BCUT2D eigenvalue weighted by Crippen LogP contribution is -2.38. The second-order valence-corrected chi connectivity index (χ2v) is 13.7. The first-order chi connectivity index (χ1) is 22.4. The molecule has 1 amide bonds. The number of para-hydroxylation sites is 1. The molecular weight excluding hydrogens is 616 g/mol. The van der Waals surface area contributed by atoms with E-state index in [0.717, 1.165) is 38.4 Å². The smallest absolute Gasteiger partial charge is 0.274 e. The van der Waals surface area contributed by atoms with Crippen LogP contribution < -0.4 is 20.3 Å². The van der Waals surface area contributed by atoms with Crippen molar-refractivity contribution in [1.82, 2.24) is 13.8 Å². The number of hydrogen-bond donors (Lipinski definition) is 1. The van der Waals surface area contributed by atoms with E-state index < -0.39 is 10.0 Å². The van der Waals surface area contributed by atoms with Crippen molar-refractivity contribution >= 4 is 38.8 Å². The first-order valence-corrected chi connectivity index (χ1v) is 16.9. The highest BCUT2D eigenvalue weighted by atomic mass is 32.2. The SMILES string of the molecule is CN(C)c1ccc2c(c1)CCN(c1ccccc1-c1cccc(-c3cc(N(C)c4ccn(S(C)(=O)=O)n4)c(=O)n(C)c3)c1CO)C2=O. The summed E-state index contributed by atoms with van der Waals surface area (Å²) in [5, 5.41) is 14.9. The Bertz CT molecular complexity index is 2190.